The minimum absolute atomic E-state index is 0.119. The number of benzene rings is 3. The van der Waals surface area contributed by atoms with E-state index in [1.807, 2.05) is 13.0 Å². The van der Waals surface area contributed by atoms with Gasteiger partial charge in [-0.1, -0.05) is 30.3 Å². The van der Waals surface area contributed by atoms with Gasteiger partial charge in [-0.05, 0) is 48.9 Å². The molecule has 0 aliphatic carbocycles. The number of carbonyl (C=O) groups excluding carboxylic acids is 1. The van der Waals surface area contributed by atoms with Crippen LogP contribution in [0.2, 0.25) is 0 Å². The summed E-state index contributed by atoms with van der Waals surface area (Å²) in [7, 11) is -4.33. The Balaban J connectivity index is 1.88. The summed E-state index contributed by atoms with van der Waals surface area (Å²) in [5, 5.41) is 22.9. The third kappa shape index (κ3) is 5.81. The van der Waals surface area contributed by atoms with E-state index in [9.17, 15) is 28.6 Å². The van der Waals surface area contributed by atoms with Gasteiger partial charge in [0.1, 0.15) is 22.3 Å². The Morgan fingerprint density at radius 2 is 1.79 bits per heavy atom. The number of aryl methyl sites for hydroxylation is 1. The van der Waals surface area contributed by atoms with Crippen LogP contribution < -0.4 is 9.50 Å². The van der Waals surface area contributed by atoms with Crippen LogP contribution in [0.5, 0.6) is 5.75 Å². The standard InChI is InChI=1S/C23H17N3O6S/c1-16-5-4-7-19(13-16)25-23(27)18(15-24)14-17-6-2-3-8-22(17)32-33(30,31)21-11-9-20(10-12-21)26(28)29/h2-14H,1H3,(H,25,27)/b18-14+. The second-order valence-electron chi connectivity index (χ2n) is 6.82. The number of rotatable bonds is 7. The van der Waals surface area contributed by atoms with Gasteiger partial charge in [-0.25, -0.2) is 0 Å². The van der Waals surface area contributed by atoms with Crippen LogP contribution in [-0.2, 0) is 14.9 Å². The van der Waals surface area contributed by atoms with E-state index < -0.39 is 20.9 Å². The van der Waals surface area contributed by atoms with Crippen molar-refractivity contribution < 1.29 is 22.3 Å². The SMILES string of the molecule is Cc1cccc(NC(=O)/C(C#N)=C/c2ccccc2OS(=O)(=O)c2ccc([N+](=O)[O-])cc2)c1. The van der Waals surface area contributed by atoms with E-state index in [0.717, 1.165) is 29.8 Å². The van der Waals surface area contributed by atoms with Crippen molar-refractivity contribution in [2.24, 2.45) is 0 Å². The molecule has 1 amide bonds. The molecule has 10 heteroatoms. The molecule has 3 aromatic carbocycles. The molecule has 0 aromatic heterocycles. The van der Waals surface area contributed by atoms with E-state index in [2.05, 4.69) is 5.32 Å². The van der Waals surface area contributed by atoms with Crippen molar-refractivity contribution in [1.29, 1.82) is 5.26 Å². The molecule has 0 fully saturated rings. The lowest BCUT2D eigenvalue weighted by Gasteiger charge is -2.10. The summed E-state index contributed by atoms with van der Waals surface area (Å²) >= 11 is 0. The molecule has 0 atom stereocenters. The van der Waals surface area contributed by atoms with Crippen LogP contribution in [0.15, 0.2) is 83.3 Å². The number of para-hydroxylation sites is 1. The van der Waals surface area contributed by atoms with Gasteiger partial charge < -0.3 is 9.50 Å². The van der Waals surface area contributed by atoms with Crippen molar-refractivity contribution in [3.05, 3.63) is 99.6 Å². The van der Waals surface area contributed by atoms with Crippen molar-refractivity contribution in [3.63, 3.8) is 0 Å². The highest BCUT2D eigenvalue weighted by Crippen LogP contribution is 2.26. The lowest BCUT2D eigenvalue weighted by atomic mass is 10.1. The van der Waals surface area contributed by atoms with Crippen LogP contribution in [0.3, 0.4) is 0 Å². The van der Waals surface area contributed by atoms with Crippen LogP contribution >= 0.6 is 0 Å². The normalized spacial score (nSPS) is 11.3. The fourth-order valence-electron chi connectivity index (χ4n) is 2.80. The summed E-state index contributed by atoms with van der Waals surface area (Å²) in [6, 6.07) is 19.0. The monoisotopic (exact) mass is 463 g/mol. The fourth-order valence-corrected chi connectivity index (χ4v) is 3.76. The van der Waals surface area contributed by atoms with Crippen molar-refractivity contribution in [2.75, 3.05) is 5.32 Å². The van der Waals surface area contributed by atoms with Crippen molar-refractivity contribution in [3.8, 4) is 11.8 Å². The first-order valence-electron chi connectivity index (χ1n) is 9.47. The number of nitro benzene ring substituents is 1. The molecule has 9 nitrogen and oxygen atoms in total. The Bertz CT molecular complexity index is 1390. The van der Waals surface area contributed by atoms with Crippen LogP contribution in [0.1, 0.15) is 11.1 Å². The molecule has 0 heterocycles. The molecular formula is C23H17N3O6S. The largest absolute Gasteiger partial charge is 0.378 e. The predicted molar refractivity (Wildman–Crippen MR) is 121 cm³/mol. The van der Waals surface area contributed by atoms with Crippen LogP contribution in [0.25, 0.3) is 6.08 Å². The van der Waals surface area contributed by atoms with E-state index in [0.29, 0.717) is 5.69 Å². The number of nitriles is 1. The highest BCUT2D eigenvalue weighted by molar-refractivity contribution is 7.87. The van der Waals surface area contributed by atoms with Gasteiger partial charge in [0.15, 0.2) is 0 Å². The van der Waals surface area contributed by atoms with E-state index in [4.69, 9.17) is 4.18 Å². The Morgan fingerprint density at radius 3 is 2.42 bits per heavy atom. The number of nitrogens with zero attached hydrogens (tertiary/aromatic N) is 2. The summed E-state index contributed by atoms with van der Waals surface area (Å²) in [6.45, 7) is 1.86. The maximum atomic E-state index is 12.6. The Labute approximate surface area is 189 Å². The molecule has 166 valence electrons. The van der Waals surface area contributed by atoms with Gasteiger partial charge in [0, 0.05) is 23.4 Å². The highest BCUT2D eigenvalue weighted by Gasteiger charge is 2.20. The van der Waals surface area contributed by atoms with E-state index in [1.165, 1.54) is 24.3 Å². The van der Waals surface area contributed by atoms with Crippen molar-refractivity contribution in [2.45, 2.75) is 11.8 Å². The molecule has 0 spiro atoms. The Kier molecular flexibility index (Phi) is 6.85. The number of hydrogen-bond donors (Lipinski definition) is 1. The lowest BCUT2D eigenvalue weighted by molar-refractivity contribution is -0.384. The Morgan fingerprint density at radius 1 is 1.09 bits per heavy atom. The topological polar surface area (TPSA) is 139 Å². The summed E-state index contributed by atoms with van der Waals surface area (Å²) < 4.78 is 30.5. The molecule has 0 bridgehead atoms. The zero-order valence-electron chi connectivity index (χ0n) is 17.3. The molecule has 0 saturated carbocycles. The quantitative estimate of drug-likeness (QED) is 0.182. The van der Waals surface area contributed by atoms with Crippen molar-refractivity contribution >= 4 is 33.5 Å². The van der Waals surface area contributed by atoms with Crippen LogP contribution in [0, 0.1) is 28.4 Å². The smallest absolute Gasteiger partial charge is 0.339 e. The van der Waals surface area contributed by atoms with E-state index in [-0.39, 0.29) is 27.5 Å². The number of hydrogen-bond acceptors (Lipinski definition) is 7. The fraction of sp³-hybridized carbons (Fsp3) is 0.0435. The van der Waals surface area contributed by atoms with E-state index in [1.54, 1.807) is 30.3 Å². The zero-order chi connectivity index (χ0) is 24.0. The van der Waals surface area contributed by atoms with Crippen molar-refractivity contribution in [1.82, 2.24) is 0 Å². The van der Waals surface area contributed by atoms with Gasteiger partial charge in [-0.15, -0.1) is 0 Å². The van der Waals surface area contributed by atoms with Crippen LogP contribution in [0.4, 0.5) is 11.4 Å². The second kappa shape index (κ2) is 9.76. The number of carbonyl (C=O) groups is 1. The number of amides is 1. The third-order valence-corrected chi connectivity index (χ3v) is 5.64. The van der Waals surface area contributed by atoms with Gasteiger partial charge in [0.05, 0.1) is 4.92 Å². The Hall–Kier alpha value is -4.49. The molecular weight excluding hydrogens is 446 g/mol. The second-order valence-corrected chi connectivity index (χ2v) is 8.37. The molecule has 3 aromatic rings. The maximum Gasteiger partial charge on any atom is 0.339 e. The first-order valence-corrected chi connectivity index (χ1v) is 10.9. The average molecular weight is 463 g/mol. The predicted octanol–water partition coefficient (Wildman–Crippen LogP) is 4.22. The number of nitrogens with one attached hydrogen (secondary N) is 1. The summed E-state index contributed by atoms with van der Waals surface area (Å²) in [6.07, 6.45) is 1.21. The zero-order valence-corrected chi connectivity index (χ0v) is 18.1. The number of non-ortho nitro benzene ring substituents is 1. The lowest BCUT2D eigenvalue weighted by Crippen LogP contribution is -2.14. The summed E-state index contributed by atoms with van der Waals surface area (Å²) in [5.41, 5.74) is 1.08. The van der Waals surface area contributed by atoms with E-state index >= 15 is 0 Å². The molecule has 0 aliphatic rings. The van der Waals surface area contributed by atoms with Gasteiger partial charge in [-0.3, -0.25) is 14.9 Å². The average Bonchev–Trinajstić information content (AvgIpc) is 2.78. The molecule has 3 rings (SSSR count). The number of nitro groups is 1. The van der Waals surface area contributed by atoms with Gasteiger partial charge in [0.25, 0.3) is 11.6 Å². The van der Waals surface area contributed by atoms with Gasteiger partial charge in [-0.2, -0.15) is 13.7 Å². The highest BCUT2D eigenvalue weighted by atomic mass is 32.2. The van der Waals surface area contributed by atoms with Gasteiger partial charge >= 0.3 is 10.1 Å². The minimum atomic E-state index is -4.33. The molecule has 0 saturated heterocycles. The summed E-state index contributed by atoms with van der Waals surface area (Å²) in [5.74, 6) is -0.789. The minimum Gasteiger partial charge on any atom is -0.378 e. The molecule has 0 unspecified atom stereocenters. The molecule has 0 aliphatic heterocycles. The third-order valence-electron chi connectivity index (χ3n) is 4.40. The van der Waals surface area contributed by atoms with Gasteiger partial charge in [0.2, 0.25) is 0 Å². The first-order chi connectivity index (χ1) is 15.7. The number of anilines is 1. The summed E-state index contributed by atoms with van der Waals surface area (Å²) in [4.78, 5) is 22.4. The first kappa shape index (κ1) is 23.2. The molecule has 33 heavy (non-hydrogen) atoms. The molecule has 0 radical (unpaired) electrons. The maximum absolute atomic E-state index is 12.6. The van der Waals surface area contributed by atoms with Crippen LogP contribution in [-0.4, -0.2) is 19.2 Å². The molecule has 1 N–H and O–H groups in total.